The molecule has 0 aliphatic carbocycles. The first-order valence-electron chi connectivity index (χ1n) is 7.15. The monoisotopic (exact) mass is 341 g/mol. The molecule has 0 saturated carbocycles. The van der Waals surface area contributed by atoms with E-state index >= 15 is 0 Å². The van der Waals surface area contributed by atoms with E-state index in [0.717, 1.165) is 0 Å². The fourth-order valence-corrected chi connectivity index (χ4v) is 3.25. The molecule has 0 bridgehead atoms. The van der Waals surface area contributed by atoms with Crippen LogP contribution in [0.1, 0.15) is 24.2 Å². The molecule has 1 atom stereocenters. The summed E-state index contributed by atoms with van der Waals surface area (Å²) in [5.41, 5.74) is 0.358. The maximum atomic E-state index is 12.4. The van der Waals surface area contributed by atoms with E-state index in [4.69, 9.17) is 0 Å². The van der Waals surface area contributed by atoms with Crippen LogP contribution in [0.3, 0.4) is 0 Å². The number of likely N-dealkylation sites (N-methyl/N-ethyl adjacent to an activating group) is 1. The smallest absolute Gasteiger partial charge is 0.251 e. The molecule has 128 valence electrons. The zero-order chi connectivity index (χ0) is 17.8. The number of nitrogens with one attached hydrogen (secondary N) is 2. The summed E-state index contributed by atoms with van der Waals surface area (Å²) < 4.78 is 27.3. The summed E-state index contributed by atoms with van der Waals surface area (Å²) in [7, 11) is 0.780. The third kappa shape index (κ3) is 4.77. The van der Waals surface area contributed by atoms with E-state index in [-0.39, 0.29) is 22.6 Å². The molecular formula is C15H23N3O4S. The lowest BCUT2D eigenvalue weighted by atomic mass is 10.0. The second kappa shape index (κ2) is 7.56. The van der Waals surface area contributed by atoms with E-state index < -0.39 is 16.1 Å². The van der Waals surface area contributed by atoms with E-state index in [2.05, 4.69) is 10.0 Å². The average molecular weight is 341 g/mol. The van der Waals surface area contributed by atoms with Gasteiger partial charge in [0, 0.05) is 26.7 Å². The first kappa shape index (κ1) is 19.1. The van der Waals surface area contributed by atoms with Crippen LogP contribution >= 0.6 is 0 Å². The van der Waals surface area contributed by atoms with Gasteiger partial charge in [0.2, 0.25) is 15.9 Å². The van der Waals surface area contributed by atoms with Gasteiger partial charge in [0.15, 0.2) is 0 Å². The predicted molar refractivity (Wildman–Crippen MR) is 87.5 cm³/mol. The zero-order valence-corrected chi connectivity index (χ0v) is 14.8. The van der Waals surface area contributed by atoms with Crippen LogP contribution in [0, 0.1) is 5.92 Å². The molecule has 0 radical (unpaired) electrons. The molecular weight excluding hydrogens is 318 g/mol. The van der Waals surface area contributed by atoms with Gasteiger partial charge in [0.05, 0.1) is 4.90 Å². The van der Waals surface area contributed by atoms with E-state index in [9.17, 15) is 18.0 Å². The number of benzene rings is 1. The number of amides is 2. The van der Waals surface area contributed by atoms with Crippen LogP contribution in [0.2, 0.25) is 0 Å². The van der Waals surface area contributed by atoms with Crippen molar-refractivity contribution >= 4 is 21.8 Å². The summed E-state index contributed by atoms with van der Waals surface area (Å²) in [6.45, 7) is 3.53. The van der Waals surface area contributed by atoms with Crippen molar-refractivity contribution in [3.8, 4) is 0 Å². The molecule has 23 heavy (non-hydrogen) atoms. The summed E-state index contributed by atoms with van der Waals surface area (Å²) in [6.07, 6.45) is 0. The second-order valence-electron chi connectivity index (χ2n) is 5.68. The minimum absolute atomic E-state index is 0.00218. The van der Waals surface area contributed by atoms with Crippen LogP contribution in [0.25, 0.3) is 0 Å². The van der Waals surface area contributed by atoms with Crippen LogP contribution in [0.4, 0.5) is 0 Å². The molecule has 1 rings (SSSR count). The highest BCUT2D eigenvalue weighted by Gasteiger charge is 2.29. The van der Waals surface area contributed by atoms with Crippen molar-refractivity contribution in [2.45, 2.75) is 24.8 Å². The van der Waals surface area contributed by atoms with Gasteiger partial charge in [0.25, 0.3) is 5.91 Å². The van der Waals surface area contributed by atoms with Crippen LogP contribution in [-0.2, 0) is 14.8 Å². The topological polar surface area (TPSA) is 95.6 Å². The number of hydrogen-bond acceptors (Lipinski definition) is 4. The van der Waals surface area contributed by atoms with Crippen LogP contribution in [-0.4, -0.2) is 52.3 Å². The fourth-order valence-electron chi connectivity index (χ4n) is 1.91. The molecule has 1 aromatic carbocycles. The van der Waals surface area contributed by atoms with Crippen molar-refractivity contribution in [1.29, 1.82) is 0 Å². The SMILES string of the molecule is CNC(=O)c1ccc(S(=O)(=O)N[C@@H](C(=O)N(C)C)C(C)C)cc1. The highest BCUT2D eigenvalue weighted by molar-refractivity contribution is 7.89. The van der Waals surface area contributed by atoms with Gasteiger partial charge < -0.3 is 10.2 Å². The van der Waals surface area contributed by atoms with Gasteiger partial charge in [-0.2, -0.15) is 4.72 Å². The van der Waals surface area contributed by atoms with E-state index in [1.807, 2.05) is 0 Å². The summed E-state index contributed by atoms with van der Waals surface area (Å²) in [5, 5.41) is 2.46. The molecule has 1 aromatic rings. The summed E-state index contributed by atoms with van der Waals surface area (Å²) in [5.74, 6) is -0.819. The second-order valence-corrected chi connectivity index (χ2v) is 7.39. The van der Waals surface area contributed by atoms with Crippen LogP contribution in [0.5, 0.6) is 0 Å². The van der Waals surface area contributed by atoms with Crippen molar-refractivity contribution in [2.24, 2.45) is 5.92 Å². The maximum Gasteiger partial charge on any atom is 0.251 e. The Morgan fingerprint density at radius 3 is 2.00 bits per heavy atom. The highest BCUT2D eigenvalue weighted by atomic mass is 32.2. The van der Waals surface area contributed by atoms with E-state index in [1.165, 1.54) is 36.2 Å². The van der Waals surface area contributed by atoms with Crippen LogP contribution in [0.15, 0.2) is 29.2 Å². The summed E-state index contributed by atoms with van der Waals surface area (Å²) in [6, 6.07) is 4.67. The van der Waals surface area contributed by atoms with Gasteiger partial charge >= 0.3 is 0 Å². The Hall–Kier alpha value is -1.93. The van der Waals surface area contributed by atoms with Crippen molar-refractivity contribution in [3.05, 3.63) is 29.8 Å². The van der Waals surface area contributed by atoms with Crippen molar-refractivity contribution in [3.63, 3.8) is 0 Å². The van der Waals surface area contributed by atoms with E-state index in [0.29, 0.717) is 5.56 Å². The molecule has 8 heteroatoms. The third-order valence-corrected chi connectivity index (χ3v) is 4.77. The Kier molecular flexibility index (Phi) is 6.28. The van der Waals surface area contributed by atoms with Crippen LogP contribution < -0.4 is 10.0 Å². The zero-order valence-electron chi connectivity index (χ0n) is 14.0. The van der Waals surface area contributed by atoms with Crippen molar-refractivity contribution < 1.29 is 18.0 Å². The van der Waals surface area contributed by atoms with Gasteiger partial charge in [0.1, 0.15) is 6.04 Å². The van der Waals surface area contributed by atoms with Gasteiger partial charge in [-0.3, -0.25) is 9.59 Å². The third-order valence-electron chi connectivity index (χ3n) is 3.31. The minimum Gasteiger partial charge on any atom is -0.355 e. The molecule has 0 saturated heterocycles. The lowest BCUT2D eigenvalue weighted by Gasteiger charge is -2.24. The molecule has 0 spiro atoms. The lowest BCUT2D eigenvalue weighted by Crippen LogP contribution is -2.49. The first-order valence-corrected chi connectivity index (χ1v) is 8.64. The number of sulfonamides is 1. The Balaban J connectivity index is 3.06. The fraction of sp³-hybridized carbons (Fsp3) is 0.467. The minimum atomic E-state index is -3.86. The Bertz CT molecular complexity index is 666. The Morgan fingerprint density at radius 2 is 1.61 bits per heavy atom. The number of rotatable bonds is 6. The van der Waals surface area contributed by atoms with Crippen molar-refractivity contribution in [1.82, 2.24) is 14.9 Å². The largest absolute Gasteiger partial charge is 0.355 e. The maximum absolute atomic E-state index is 12.4. The molecule has 0 aliphatic rings. The van der Waals surface area contributed by atoms with Gasteiger partial charge in [-0.15, -0.1) is 0 Å². The summed E-state index contributed by atoms with van der Waals surface area (Å²) in [4.78, 5) is 25.0. The highest BCUT2D eigenvalue weighted by Crippen LogP contribution is 2.14. The molecule has 0 aliphatic heterocycles. The van der Waals surface area contributed by atoms with Crippen molar-refractivity contribution in [2.75, 3.05) is 21.1 Å². The average Bonchev–Trinajstić information content (AvgIpc) is 2.51. The quantitative estimate of drug-likeness (QED) is 0.785. The molecule has 0 unspecified atom stereocenters. The van der Waals surface area contributed by atoms with Gasteiger partial charge in [-0.25, -0.2) is 8.42 Å². The molecule has 2 N–H and O–H groups in total. The molecule has 2 amide bonds. The predicted octanol–water partition coefficient (Wildman–Crippen LogP) is 0.437. The molecule has 7 nitrogen and oxygen atoms in total. The Labute approximate surface area is 137 Å². The first-order chi connectivity index (χ1) is 10.6. The van der Waals surface area contributed by atoms with E-state index in [1.54, 1.807) is 27.9 Å². The number of carbonyl (C=O) groups excluding carboxylic acids is 2. The van der Waals surface area contributed by atoms with Gasteiger partial charge in [-0.05, 0) is 30.2 Å². The number of nitrogens with zero attached hydrogens (tertiary/aromatic N) is 1. The Morgan fingerprint density at radius 1 is 1.09 bits per heavy atom. The molecule has 0 heterocycles. The molecule has 0 fully saturated rings. The number of carbonyl (C=O) groups is 2. The van der Waals surface area contributed by atoms with Gasteiger partial charge in [-0.1, -0.05) is 13.8 Å². The molecule has 0 aromatic heterocycles. The summed E-state index contributed by atoms with van der Waals surface area (Å²) >= 11 is 0. The lowest BCUT2D eigenvalue weighted by molar-refractivity contribution is -0.131. The standard InChI is InChI=1S/C15H23N3O4S/c1-10(2)13(15(20)18(4)5)17-23(21,22)12-8-6-11(7-9-12)14(19)16-3/h6-10,13,17H,1-5H3,(H,16,19)/t13-/m1/s1. The normalized spacial score (nSPS) is 12.8. The number of hydrogen-bond donors (Lipinski definition) is 2.